The molecule has 0 aromatic heterocycles. The van der Waals surface area contributed by atoms with Gasteiger partial charge in [-0.3, -0.25) is 0 Å². The average molecular weight is 233 g/mol. The van der Waals surface area contributed by atoms with Crippen molar-refractivity contribution in [2.75, 3.05) is 27.2 Å². The van der Waals surface area contributed by atoms with E-state index in [0.29, 0.717) is 5.41 Å². The Labute approximate surface area is 105 Å². The molecule has 0 spiro atoms. The van der Waals surface area contributed by atoms with Crippen molar-refractivity contribution in [2.45, 2.75) is 31.6 Å². The van der Waals surface area contributed by atoms with Crippen LogP contribution in [0.5, 0.6) is 5.75 Å². The Morgan fingerprint density at radius 3 is 2.47 bits per heavy atom. The highest BCUT2D eigenvalue weighted by atomic mass is 16.5. The topological polar surface area (TPSA) is 12.5 Å². The quantitative estimate of drug-likeness (QED) is 0.792. The third-order valence-electron chi connectivity index (χ3n) is 3.98. The molecule has 0 radical (unpaired) electrons. The predicted molar refractivity (Wildman–Crippen MR) is 71.7 cm³/mol. The SMILES string of the molecule is CCCC1(c2ccc(OC)cc2)CCN(C)C1. The van der Waals surface area contributed by atoms with Gasteiger partial charge in [-0.15, -0.1) is 0 Å². The third kappa shape index (κ3) is 2.47. The van der Waals surface area contributed by atoms with Gasteiger partial charge in [0.1, 0.15) is 5.75 Å². The smallest absolute Gasteiger partial charge is 0.118 e. The molecule has 1 unspecified atom stereocenters. The van der Waals surface area contributed by atoms with E-state index in [1.54, 1.807) is 7.11 Å². The number of ether oxygens (including phenoxy) is 1. The molecular weight excluding hydrogens is 210 g/mol. The summed E-state index contributed by atoms with van der Waals surface area (Å²) >= 11 is 0. The summed E-state index contributed by atoms with van der Waals surface area (Å²) in [6.07, 6.45) is 3.81. The van der Waals surface area contributed by atoms with Crippen molar-refractivity contribution < 1.29 is 4.74 Å². The number of likely N-dealkylation sites (N-methyl/N-ethyl adjacent to an activating group) is 1. The first-order valence-electron chi connectivity index (χ1n) is 6.53. The van der Waals surface area contributed by atoms with Crippen molar-refractivity contribution in [1.82, 2.24) is 4.90 Å². The van der Waals surface area contributed by atoms with Gasteiger partial charge in [0.15, 0.2) is 0 Å². The summed E-state index contributed by atoms with van der Waals surface area (Å²) in [5, 5.41) is 0. The molecule has 1 saturated heterocycles. The molecule has 0 saturated carbocycles. The molecule has 0 amide bonds. The lowest BCUT2D eigenvalue weighted by molar-refractivity contribution is 0.350. The van der Waals surface area contributed by atoms with Crippen LogP contribution >= 0.6 is 0 Å². The van der Waals surface area contributed by atoms with E-state index in [9.17, 15) is 0 Å². The van der Waals surface area contributed by atoms with Crippen LogP contribution in [0, 0.1) is 0 Å². The predicted octanol–water partition coefficient (Wildman–Crippen LogP) is 3.07. The first-order valence-corrected chi connectivity index (χ1v) is 6.53. The largest absolute Gasteiger partial charge is 0.497 e. The number of hydrogen-bond donors (Lipinski definition) is 0. The van der Waals surface area contributed by atoms with Crippen LogP contribution in [-0.2, 0) is 5.41 Å². The molecule has 1 atom stereocenters. The minimum Gasteiger partial charge on any atom is -0.497 e. The standard InChI is InChI=1S/C15H23NO/c1-4-9-15(10-11-16(2)12-15)13-5-7-14(17-3)8-6-13/h5-8H,4,9-12H2,1-3H3. The van der Waals surface area contributed by atoms with Crippen molar-refractivity contribution in [2.24, 2.45) is 0 Å². The minimum absolute atomic E-state index is 0.371. The number of benzene rings is 1. The summed E-state index contributed by atoms with van der Waals surface area (Å²) in [5.74, 6) is 0.951. The molecule has 2 rings (SSSR count). The highest BCUT2D eigenvalue weighted by molar-refractivity contribution is 5.33. The van der Waals surface area contributed by atoms with E-state index in [2.05, 4.69) is 43.1 Å². The molecule has 1 fully saturated rings. The number of likely N-dealkylation sites (tertiary alicyclic amines) is 1. The van der Waals surface area contributed by atoms with Crippen LogP contribution in [0.15, 0.2) is 24.3 Å². The lowest BCUT2D eigenvalue weighted by Crippen LogP contribution is -2.29. The fourth-order valence-corrected chi connectivity index (χ4v) is 3.09. The van der Waals surface area contributed by atoms with Crippen LogP contribution in [0.25, 0.3) is 0 Å². The minimum atomic E-state index is 0.371. The number of rotatable bonds is 4. The lowest BCUT2D eigenvalue weighted by atomic mass is 9.76. The van der Waals surface area contributed by atoms with Gasteiger partial charge in [-0.2, -0.15) is 0 Å². The Morgan fingerprint density at radius 2 is 2.00 bits per heavy atom. The maximum Gasteiger partial charge on any atom is 0.118 e. The summed E-state index contributed by atoms with van der Waals surface area (Å²) in [7, 11) is 3.95. The van der Waals surface area contributed by atoms with Crippen LogP contribution in [0.4, 0.5) is 0 Å². The zero-order chi connectivity index (χ0) is 12.3. The van der Waals surface area contributed by atoms with Gasteiger partial charge in [-0.05, 0) is 44.1 Å². The summed E-state index contributed by atoms with van der Waals surface area (Å²) < 4.78 is 5.24. The van der Waals surface area contributed by atoms with Crippen LogP contribution in [0.3, 0.4) is 0 Å². The van der Waals surface area contributed by atoms with Gasteiger partial charge in [0.05, 0.1) is 7.11 Å². The Hall–Kier alpha value is -1.02. The molecule has 0 aliphatic carbocycles. The Balaban J connectivity index is 2.26. The van der Waals surface area contributed by atoms with Crippen LogP contribution in [0.2, 0.25) is 0 Å². The first-order chi connectivity index (χ1) is 8.20. The Bertz CT molecular complexity index is 356. The molecule has 1 aromatic rings. The Morgan fingerprint density at radius 1 is 1.29 bits per heavy atom. The lowest BCUT2D eigenvalue weighted by Gasteiger charge is -2.29. The highest BCUT2D eigenvalue weighted by Crippen LogP contribution is 2.38. The monoisotopic (exact) mass is 233 g/mol. The van der Waals surface area contributed by atoms with Crippen molar-refractivity contribution in [1.29, 1.82) is 0 Å². The van der Waals surface area contributed by atoms with E-state index in [-0.39, 0.29) is 0 Å². The summed E-state index contributed by atoms with van der Waals surface area (Å²) in [5.41, 5.74) is 1.85. The van der Waals surface area contributed by atoms with Crippen molar-refractivity contribution in [3.8, 4) is 5.75 Å². The molecule has 1 aromatic carbocycles. The number of methoxy groups -OCH3 is 1. The van der Waals surface area contributed by atoms with E-state index in [4.69, 9.17) is 4.74 Å². The van der Waals surface area contributed by atoms with Gasteiger partial charge < -0.3 is 9.64 Å². The van der Waals surface area contributed by atoms with Gasteiger partial charge in [0.25, 0.3) is 0 Å². The molecule has 2 heteroatoms. The van der Waals surface area contributed by atoms with Crippen LogP contribution < -0.4 is 4.74 Å². The molecule has 2 nitrogen and oxygen atoms in total. The normalized spacial score (nSPS) is 25.1. The van der Waals surface area contributed by atoms with E-state index in [0.717, 1.165) is 5.75 Å². The van der Waals surface area contributed by atoms with Crippen molar-refractivity contribution >= 4 is 0 Å². The summed E-state index contributed by atoms with van der Waals surface area (Å²) in [4.78, 5) is 2.44. The maximum atomic E-state index is 5.24. The van der Waals surface area contributed by atoms with Gasteiger partial charge in [0.2, 0.25) is 0 Å². The van der Waals surface area contributed by atoms with Crippen LogP contribution in [0.1, 0.15) is 31.7 Å². The molecule has 0 N–H and O–H groups in total. The second-order valence-electron chi connectivity index (χ2n) is 5.25. The molecule has 1 heterocycles. The molecular formula is C15H23NO. The molecule has 17 heavy (non-hydrogen) atoms. The number of nitrogens with zero attached hydrogens (tertiary/aromatic N) is 1. The van der Waals surface area contributed by atoms with Gasteiger partial charge in [0, 0.05) is 12.0 Å². The van der Waals surface area contributed by atoms with Gasteiger partial charge in [-0.25, -0.2) is 0 Å². The van der Waals surface area contributed by atoms with E-state index >= 15 is 0 Å². The summed E-state index contributed by atoms with van der Waals surface area (Å²) in [6.45, 7) is 4.68. The second-order valence-corrected chi connectivity index (χ2v) is 5.25. The zero-order valence-electron chi connectivity index (χ0n) is 11.2. The van der Waals surface area contributed by atoms with Gasteiger partial charge >= 0.3 is 0 Å². The fourth-order valence-electron chi connectivity index (χ4n) is 3.09. The second kappa shape index (κ2) is 5.09. The summed E-state index contributed by atoms with van der Waals surface area (Å²) in [6, 6.07) is 8.66. The van der Waals surface area contributed by atoms with Gasteiger partial charge in [-0.1, -0.05) is 25.5 Å². The average Bonchev–Trinajstić information content (AvgIpc) is 2.73. The van der Waals surface area contributed by atoms with Crippen molar-refractivity contribution in [3.63, 3.8) is 0 Å². The zero-order valence-corrected chi connectivity index (χ0v) is 11.2. The molecule has 0 bridgehead atoms. The maximum absolute atomic E-state index is 5.24. The molecule has 94 valence electrons. The van der Waals surface area contributed by atoms with E-state index < -0.39 is 0 Å². The first kappa shape index (κ1) is 12.4. The highest BCUT2D eigenvalue weighted by Gasteiger charge is 2.37. The number of hydrogen-bond acceptors (Lipinski definition) is 2. The van der Waals surface area contributed by atoms with E-state index in [1.807, 2.05) is 0 Å². The third-order valence-corrected chi connectivity index (χ3v) is 3.98. The Kier molecular flexibility index (Phi) is 3.72. The fraction of sp³-hybridized carbons (Fsp3) is 0.600. The van der Waals surface area contributed by atoms with Crippen LogP contribution in [-0.4, -0.2) is 32.1 Å². The molecule has 1 aliphatic rings. The molecule has 1 aliphatic heterocycles. The van der Waals surface area contributed by atoms with E-state index in [1.165, 1.54) is 37.9 Å². The van der Waals surface area contributed by atoms with Crippen molar-refractivity contribution in [3.05, 3.63) is 29.8 Å².